The molecule has 0 N–H and O–H groups in total. The van der Waals surface area contributed by atoms with Crippen molar-refractivity contribution in [2.75, 3.05) is 33.1 Å². The third-order valence-corrected chi connectivity index (χ3v) is 2.95. The lowest BCUT2D eigenvalue weighted by Gasteiger charge is -2.39. The average molecular weight is 271 g/mol. The van der Waals surface area contributed by atoms with Gasteiger partial charge in [0.05, 0.1) is 0 Å². The van der Waals surface area contributed by atoms with Crippen LogP contribution >= 0.6 is 0 Å². The Morgan fingerprint density at radius 3 is 1.50 bits per heavy atom. The number of pyridine rings is 2. The molecule has 0 radical (unpaired) electrons. The van der Waals surface area contributed by atoms with Gasteiger partial charge in [-0.05, 0) is 52.5 Å². The maximum Gasteiger partial charge on any atom is 0.146 e. The fraction of sp³-hybridized carbons (Fsp3) is 0.333. The van der Waals surface area contributed by atoms with E-state index in [1.165, 1.54) is 0 Å². The average Bonchev–Trinajstić information content (AvgIpc) is 2.45. The molecule has 2 rings (SSSR count). The second-order valence-corrected chi connectivity index (χ2v) is 5.02. The summed E-state index contributed by atoms with van der Waals surface area (Å²) >= 11 is 0. The standard InChI is InChI=1S/C15H21N5/c1-18(2)15(19(3)4)20(13-9-5-7-11-16-13)14-10-6-8-12-17-14/h5-12,15H,1-4H3. The summed E-state index contributed by atoms with van der Waals surface area (Å²) in [5, 5.41) is 0. The number of aromatic nitrogens is 2. The van der Waals surface area contributed by atoms with E-state index in [9.17, 15) is 0 Å². The summed E-state index contributed by atoms with van der Waals surface area (Å²) in [6.45, 7) is 0. The van der Waals surface area contributed by atoms with Gasteiger partial charge in [0.2, 0.25) is 0 Å². The van der Waals surface area contributed by atoms with Crippen molar-refractivity contribution in [3.8, 4) is 0 Å². The van der Waals surface area contributed by atoms with Crippen LogP contribution in [0.4, 0.5) is 11.6 Å². The van der Waals surface area contributed by atoms with Crippen LogP contribution in [0.2, 0.25) is 0 Å². The molecular formula is C15H21N5. The van der Waals surface area contributed by atoms with Gasteiger partial charge >= 0.3 is 0 Å². The molecule has 0 bridgehead atoms. The Kier molecular flexibility index (Phi) is 4.65. The van der Waals surface area contributed by atoms with Crippen molar-refractivity contribution < 1.29 is 0 Å². The van der Waals surface area contributed by atoms with E-state index in [1.54, 1.807) is 12.4 Å². The van der Waals surface area contributed by atoms with Gasteiger partial charge in [0.15, 0.2) is 0 Å². The highest BCUT2D eigenvalue weighted by atomic mass is 15.5. The molecule has 5 heteroatoms. The van der Waals surface area contributed by atoms with E-state index in [-0.39, 0.29) is 6.29 Å². The molecule has 106 valence electrons. The summed E-state index contributed by atoms with van der Waals surface area (Å²) in [6.07, 6.45) is 3.63. The van der Waals surface area contributed by atoms with Gasteiger partial charge in [0.25, 0.3) is 0 Å². The van der Waals surface area contributed by atoms with Gasteiger partial charge in [0.1, 0.15) is 17.9 Å². The minimum atomic E-state index is 0.0276. The van der Waals surface area contributed by atoms with Crippen LogP contribution in [0.5, 0.6) is 0 Å². The van der Waals surface area contributed by atoms with E-state index in [2.05, 4.69) is 24.7 Å². The highest BCUT2D eigenvalue weighted by molar-refractivity contribution is 5.56. The summed E-state index contributed by atoms with van der Waals surface area (Å²) in [7, 11) is 8.18. The minimum Gasteiger partial charge on any atom is -0.281 e. The first-order valence-corrected chi connectivity index (χ1v) is 6.55. The molecule has 0 fully saturated rings. The van der Waals surface area contributed by atoms with Gasteiger partial charge in [0, 0.05) is 12.4 Å². The molecule has 0 spiro atoms. The van der Waals surface area contributed by atoms with Gasteiger partial charge in [-0.25, -0.2) is 9.97 Å². The molecule has 5 nitrogen and oxygen atoms in total. The second kappa shape index (κ2) is 6.45. The van der Waals surface area contributed by atoms with Crippen LogP contribution in [0.3, 0.4) is 0 Å². The van der Waals surface area contributed by atoms with Gasteiger partial charge in [-0.15, -0.1) is 0 Å². The van der Waals surface area contributed by atoms with Crippen molar-refractivity contribution >= 4 is 11.6 Å². The Morgan fingerprint density at radius 2 is 1.20 bits per heavy atom. The Labute approximate surface area is 120 Å². The van der Waals surface area contributed by atoms with Crippen LogP contribution in [0.25, 0.3) is 0 Å². The van der Waals surface area contributed by atoms with Gasteiger partial charge < -0.3 is 0 Å². The molecule has 0 unspecified atom stereocenters. The Balaban J connectivity index is 2.49. The third-order valence-electron chi connectivity index (χ3n) is 2.95. The molecule has 0 aliphatic heterocycles. The lowest BCUT2D eigenvalue weighted by atomic mass is 10.3. The number of anilines is 2. The molecule has 0 atom stereocenters. The maximum atomic E-state index is 4.47. The van der Waals surface area contributed by atoms with Crippen LogP contribution < -0.4 is 4.90 Å². The van der Waals surface area contributed by atoms with Crippen molar-refractivity contribution in [2.45, 2.75) is 6.29 Å². The molecule has 2 aromatic heterocycles. The molecular weight excluding hydrogens is 250 g/mol. The Hall–Kier alpha value is -1.98. The van der Waals surface area contributed by atoms with Gasteiger partial charge in [-0.1, -0.05) is 12.1 Å². The van der Waals surface area contributed by atoms with Crippen molar-refractivity contribution in [3.05, 3.63) is 48.8 Å². The molecule has 2 heterocycles. The first kappa shape index (κ1) is 14.4. The maximum absolute atomic E-state index is 4.47. The van der Waals surface area contributed by atoms with E-state index < -0.39 is 0 Å². The summed E-state index contributed by atoms with van der Waals surface area (Å²) in [5.41, 5.74) is 0. The van der Waals surface area contributed by atoms with Crippen molar-refractivity contribution in [3.63, 3.8) is 0 Å². The lowest BCUT2D eigenvalue weighted by Crippen LogP contribution is -2.52. The highest BCUT2D eigenvalue weighted by Gasteiger charge is 2.26. The van der Waals surface area contributed by atoms with Crippen molar-refractivity contribution in [1.29, 1.82) is 0 Å². The van der Waals surface area contributed by atoms with Crippen LogP contribution in [-0.2, 0) is 0 Å². The molecule has 0 amide bonds. The topological polar surface area (TPSA) is 35.5 Å². The summed E-state index contributed by atoms with van der Waals surface area (Å²) in [5.74, 6) is 1.75. The normalized spacial score (nSPS) is 11.3. The fourth-order valence-electron chi connectivity index (χ4n) is 2.27. The molecule has 0 aromatic carbocycles. The van der Waals surface area contributed by atoms with Gasteiger partial charge in [-0.2, -0.15) is 0 Å². The zero-order chi connectivity index (χ0) is 14.5. The van der Waals surface area contributed by atoms with Gasteiger partial charge in [-0.3, -0.25) is 14.7 Å². The SMILES string of the molecule is CN(C)C(N(C)C)N(c1ccccn1)c1ccccn1. The summed E-state index contributed by atoms with van der Waals surface area (Å²) in [6, 6.07) is 11.8. The van der Waals surface area contributed by atoms with E-state index in [4.69, 9.17) is 0 Å². The zero-order valence-corrected chi connectivity index (χ0v) is 12.4. The number of hydrogen-bond donors (Lipinski definition) is 0. The zero-order valence-electron chi connectivity index (χ0n) is 12.4. The molecule has 0 saturated carbocycles. The van der Waals surface area contributed by atoms with E-state index >= 15 is 0 Å². The van der Waals surface area contributed by atoms with Crippen LogP contribution in [0.15, 0.2) is 48.8 Å². The number of rotatable bonds is 5. The quantitative estimate of drug-likeness (QED) is 0.778. The molecule has 20 heavy (non-hydrogen) atoms. The second-order valence-electron chi connectivity index (χ2n) is 5.02. The largest absolute Gasteiger partial charge is 0.281 e. The van der Waals surface area contributed by atoms with Crippen molar-refractivity contribution in [1.82, 2.24) is 19.8 Å². The monoisotopic (exact) mass is 271 g/mol. The predicted molar refractivity (Wildman–Crippen MR) is 81.8 cm³/mol. The predicted octanol–water partition coefficient (Wildman–Crippen LogP) is 2.02. The third kappa shape index (κ3) is 3.12. The fourth-order valence-corrected chi connectivity index (χ4v) is 2.27. The summed E-state index contributed by atoms with van der Waals surface area (Å²) < 4.78 is 0. The minimum absolute atomic E-state index is 0.0276. The van der Waals surface area contributed by atoms with E-state index in [0.29, 0.717) is 0 Å². The van der Waals surface area contributed by atoms with E-state index in [1.807, 2.05) is 64.6 Å². The first-order chi connectivity index (χ1) is 9.61. The molecule has 0 aliphatic rings. The lowest BCUT2D eigenvalue weighted by molar-refractivity contribution is 0.134. The molecule has 0 aliphatic carbocycles. The van der Waals surface area contributed by atoms with Crippen molar-refractivity contribution in [2.24, 2.45) is 0 Å². The Bertz CT molecular complexity index is 465. The van der Waals surface area contributed by atoms with Crippen LogP contribution in [-0.4, -0.2) is 54.2 Å². The summed E-state index contributed by atoms with van der Waals surface area (Å²) in [4.78, 5) is 15.3. The first-order valence-electron chi connectivity index (χ1n) is 6.55. The Morgan fingerprint density at radius 1 is 0.750 bits per heavy atom. The molecule has 2 aromatic rings. The highest BCUT2D eigenvalue weighted by Crippen LogP contribution is 2.25. The number of hydrogen-bond acceptors (Lipinski definition) is 5. The van der Waals surface area contributed by atoms with E-state index in [0.717, 1.165) is 11.6 Å². The van der Waals surface area contributed by atoms with Crippen LogP contribution in [0.1, 0.15) is 0 Å². The van der Waals surface area contributed by atoms with Crippen LogP contribution in [0, 0.1) is 0 Å². The number of nitrogens with zero attached hydrogens (tertiary/aromatic N) is 5. The smallest absolute Gasteiger partial charge is 0.146 e. The molecule has 0 saturated heterocycles.